The van der Waals surface area contributed by atoms with E-state index in [-0.39, 0.29) is 25.4 Å². The third kappa shape index (κ3) is 9.47. The first kappa shape index (κ1) is 28.1. The Bertz CT molecular complexity index is 932. The number of nitrogens with zero attached hydrogens (tertiary/aromatic N) is 3. The van der Waals surface area contributed by atoms with Crippen molar-refractivity contribution in [2.75, 3.05) is 56.1 Å². The number of anilines is 2. The number of carbonyl (C=O) groups excluding carboxylic acids is 2. The van der Waals surface area contributed by atoms with Crippen molar-refractivity contribution < 1.29 is 24.2 Å². The molecule has 1 saturated heterocycles. The van der Waals surface area contributed by atoms with E-state index in [2.05, 4.69) is 38.8 Å². The number of carboxylic acids is 1. The molecule has 1 unspecified atom stereocenters. The molecule has 2 amide bonds. The lowest BCUT2D eigenvalue weighted by Gasteiger charge is -2.36. The predicted molar refractivity (Wildman–Crippen MR) is 143 cm³/mol. The number of unbranched alkanes of at least 4 members (excludes halogenated alkanes) is 3. The smallest absolute Gasteiger partial charge is 0.407 e. The maximum atomic E-state index is 12.7. The van der Waals surface area contributed by atoms with Crippen molar-refractivity contribution in [1.82, 2.24) is 15.5 Å². The fraction of sp³-hybridized carbons (Fsp3) is 0.615. The number of carbonyl (C=O) groups is 3. The van der Waals surface area contributed by atoms with Crippen molar-refractivity contribution in [2.45, 2.75) is 57.9 Å². The van der Waals surface area contributed by atoms with Crippen LogP contribution in [-0.4, -0.2) is 85.9 Å². The van der Waals surface area contributed by atoms with E-state index in [1.807, 2.05) is 18.2 Å². The minimum atomic E-state index is -1.18. The number of guanidine groups is 1. The second-order valence-corrected chi connectivity index (χ2v) is 9.32. The van der Waals surface area contributed by atoms with Crippen LogP contribution in [0.25, 0.3) is 0 Å². The van der Waals surface area contributed by atoms with E-state index in [0.29, 0.717) is 26.2 Å². The first-order chi connectivity index (χ1) is 18.0. The molecule has 11 nitrogen and oxygen atoms in total. The Labute approximate surface area is 218 Å². The Balaban J connectivity index is 1.41. The number of aliphatic imine (C=N–C) groups is 1. The zero-order chi connectivity index (χ0) is 26.5. The lowest BCUT2D eigenvalue weighted by Crippen LogP contribution is -2.49. The Morgan fingerprint density at radius 3 is 2.68 bits per heavy atom. The number of aliphatic carboxylic acids is 1. The van der Waals surface area contributed by atoms with Crippen molar-refractivity contribution in [3.63, 3.8) is 0 Å². The molecule has 204 valence electrons. The van der Waals surface area contributed by atoms with Gasteiger partial charge in [-0.15, -0.1) is 0 Å². The van der Waals surface area contributed by atoms with E-state index in [1.54, 1.807) is 4.90 Å². The molecule has 0 saturated carbocycles. The number of carboxylic acid groups (broad SMARTS) is 1. The molecule has 2 heterocycles. The third-order valence-corrected chi connectivity index (χ3v) is 6.47. The summed E-state index contributed by atoms with van der Waals surface area (Å²) in [6.07, 6.45) is 4.19. The summed E-state index contributed by atoms with van der Waals surface area (Å²) in [5.41, 5.74) is 2.02. The van der Waals surface area contributed by atoms with Gasteiger partial charge in [0.15, 0.2) is 5.96 Å². The number of alkyl carbamates (subject to hydrolysis) is 1. The first-order valence-electron chi connectivity index (χ1n) is 13.3. The van der Waals surface area contributed by atoms with E-state index < -0.39 is 18.1 Å². The van der Waals surface area contributed by atoms with Crippen LogP contribution in [0.15, 0.2) is 29.3 Å². The summed E-state index contributed by atoms with van der Waals surface area (Å²) in [7, 11) is 0. The fourth-order valence-electron chi connectivity index (χ4n) is 4.31. The van der Waals surface area contributed by atoms with Gasteiger partial charge in [-0.25, -0.2) is 9.59 Å². The fourth-order valence-corrected chi connectivity index (χ4v) is 4.31. The number of rotatable bonds is 12. The van der Waals surface area contributed by atoms with Gasteiger partial charge >= 0.3 is 12.1 Å². The molecule has 1 atom stereocenters. The largest absolute Gasteiger partial charge is 0.480 e. The van der Waals surface area contributed by atoms with Crippen LogP contribution in [0.3, 0.4) is 0 Å². The highest BCUT2D eigenvalue weighted by atomic mass is 16.5. The summed E-state index contributed by atoms with van der Waals surface area (Å²) >= 11 is 0. The van der Waals surface area contributed by atoms with Crippen molar-refractivity contribution >= 4 is 35.3 Å². The molecule has 11 heteroatoms. The van der Waals surface area contributed by atoms with Gasteiger partial charge in [0.25, 0.3) is 0 Å². The number of amides is 2. The third-order valence-electron chi connectivity index (χ3n) is 6.47. The molecule has 0 spiro atoms. The maximum absolute atomic E-state index is 12.7. The summed E-state index contributed by atoms with van der Waals surface area (Å²) in [6.45, 7) is 6.54. The monoisotopic (exact) mass is 516 g/mol. The predicted octanol–water partition coefficient (Wildman–Crippen LogP) is 2.64. The molecule has 0 bridgehead atoms. The van der Waals surface area contributed by atoms with Gasteiger partial charge in [0.2, 0.25) is 5.91 Å². The number of nitrogens with one attached hydrogen (secondary N) is 3. The summed E-state index contributed by atoms with van der Waals surface area (Å²) in [4.78, 5) is 44.7. The van der Waals surface area contributed by atoms with Gasteiger partial charge in [-0.05, 0) is 37.5 Å². The average Bonchev–Trinajstić information content (AvgIpc) is 2.91. The van der Waals surface area contributed by atoms with E-state index >= 15 is 0 Å². The van der Waals surface area contributed by atoms with Gasteiger partial charge < -0.3 is 35.6 Å². The van der Waals surface area contributed by atoms with Gasteiger partial charge in [0.05, 0.1) is 6.61 Å². The van der Waals surface area contributed by atoms with E-state index in [9.17, 15) is 19.5 Å². The van der Waals surface area contributed by atoms with E-state index in [0.717, 1.165) is 62.5 Å². The highest BCUT2D eigenvalue weighted by Gasteiger charge is 2.25. The van der Waals surface area contributed by atoms with Crippen LogP contribution in [0, 0.1) is 0 Å². The minimum absolute atomic E-state index is 0.0188. The molecule has 1 aromatic carbocycles. The normalized spacial score (nSPS) is 16.3. The Morgan fingerprint density at radius 2 is 1.97 bits per heavy atom. The second-order valence-electron chi connectivity index (χ2n) is 9.32. The van der Waals surface area contributed by atoms with E-state index in [1.165, 1.54) is 0 Å². The molecule has 2 aliphatic rings. The Hall–Kier alpha value is -3.50. The number of hydrogen-bond donors (Lipinski definition) is 4. The zero-order valence-electron chi connectivity index (χ0n) is 21.7. The van der Waals surface area contributed by atoms with Crippen molar-refractivity contribution in [2.24, 2.45) is 4.99 Å². The van der Waals surface area contributed by atoms with E-state index in [4.69, 9.17) is 4.74 Å². The molecule has 4 N–H and O–H groups in total. The van der Waals surface area contributed by atoms with Gasteiger partial charge in [-0.3, -0.25) is 9.79 Å². The molecule has 3 rings (SSSR count). The maximum Gasteiger partial charge on any atom is 0.407 e. The summed E-state index contributed by atoms with van der Waals surface area (Å²) in [5, 5.41) is 18.4. The van der Waals surface area contributed by atoms with Gasteiger partial charge in [-0.1, -0.05) is 32.3 Å². The highest BCUT2D eigenvalue weighted by molar-refractivity contribution is 5.94. The molecular weight excluding hydrogens is 476 g/mol. The molecule has 1 fully saturated rings. The van der Waals surface area contributed by atoms with Crippen LogP contribution < -0.4 is 20.9 Å². The molecule has 0 radical (unpaired) electrons. The summed E-state index contributed by atoms with van der Waals surface area (Å²) < 4.78 is 5.07. The lowest BCUT2D eigenvalue weighted by atomic mass is 10.1. The van der Waals surface area contributed by atoms with Gasteiger partial charge in [-0.2, -0.15) is 0 Å². The van der Waals surface area contributed by atoms with Crippen LogP contribution in [0.5, 0.6) is 0 Å². The minimum Gasteiger partial charge on any atom is -0.480 e. The zero-order valence-corrected chi connectivity index (χ0v) is 21.7. The quantitative estimate of drug-likeness (QED) is 0.311. The number of ether oxygens (including phenoxy) is 1. The first-order valence-corrected chi connectivity index (χ1v) is 13.3. The molecule has 1 aromatic rings. The van der Waals surface area contributed by atoms with Gasteiger partial charge in [0.1, 0.15) is 6.04 Å². The van der Waals surface area contributed by atoms with Crippen LogP contribution in [0.4, 0.5) is 16.2 Å². The Morgan fingerprint density at radius 1 is 1.16 bits per heavy atom. The summed E-state index contributed by atoms with van der Waals surface area (Å²) in [6, 6.07) is 6.95. The van der Waals surface area contributed by atoms with Gasteiger partial charge in [0, 0.05) is 57.1 Å². The standard InChI is InChI=1S/C26H40N6O5/c1-2-3-4-5-18-37-26(36)30-22(24(34)35)10-11-23(33)32-16-14-31(15-17-32)21-9-6-8-20(19-21)29-25-27-12-7-13-28-25/h6,8-9,19,22H,2-5,7,10-18H2,1H3,(H,30,36)(H,34,35)(H2,27,28,29). The van der Waals surface area contributed by atoms with Crippen molar-refractivity contribution in [3.05, 3.63) is 24.3 Å². The summed E-state index contributed by atoms with van der Waals surface area (Å²) in [5.74, 6) is -0.505. The number of benzene rings is 1. The average molecular weight is 517 g/mol. The van der Waals surface area contributed by atoms with Crippen LogP contribution in [-0.2, 0) is 14.3 Å². The van der Waals surface area contributed by atoms with Crippen LogP contribution >= 0.6 is 0 Å². The molecular formula is C26H40N6O5. The van der Waals surface area contributed by atoms with Crippen LogP contribution in [0.1, 0.15) is 51.9 Å². The second kappa shape index (κ2) is 14.9. The topological polar surface area (TPSA) is 136 Å². The van der Waals surface area contributed by atoms with Crippen molar-refractivity contribution in [3.8, 4) is 0 Å². The van der Waals surface area contributed by atoms with Crippen molar-refractivity contribution in [1.29, 1.82) is 0 Å². The SMILES string of the molecule is CCCCCCOC(=O)NC(CCC(=O)N1CCN(c2cccc(NC3=NCCCN3)c2)CC1)C(=O)O. The molecule has 37 heavy (non-hydrogen) atoms. The number of piperazine rings is 1. The lowest BCUT2D eigenvalue weighted by molar-refractivity contribution is -0.140. The Kier molecular flexibility index (Phi) is 11.3. The number of hydrogen-bond acceptors (Lipinski definition) is 8. The molecule has 0 aromatic heterocycles. The highest BCUT2D eigenvalue weighted by Crippen LogP contribution is 2.21. The molecule has 2 aliphatic heterocycles. The van der Waals surface area contributed by atoms with Crippen LogP contribution in [0.2, 0.25) is 0 Å². The molecule has 0 aliphatic carbocycles.